The number of hydrogen-bond acceptors (Lipinski definition) is 11. The van der Waals surface area contributed by atoms with Crippen molar-refractivity contribution in [3.63, 3.8) is 0 Å². The number of aliphatic hydroxyl groups excluding tert-OH is 4. The molecule has 9 N–H and O–H groups in total. The van der Waals surface area contributed by atoms with Gasteiger partial charge < -0.3 is 51.2 Å². The summed E-state index contributed by atoms with van der Waals surface area (Å²) in [7, 11) is 0. The third-order valence-corrected chi connectivity index (χ3v) is 5.22. The Bertz CT molecular complexity index is 561. The van der Waals surface area contributed by atoms with Gasteiger partial charge in [0, 0.05) is 0 Å². The molecule has 11 heteroatoms. The number of aliphatic hydroxyl groups is 6. The van der Waals surface area contributed by atoms with Gasteiger partial charge in [0.2, 0.25) is 0 Å². The van der Waals surface area contributed by atoms with E-state index in [0.29, 0.717) is 0 Å². The highest BCUT2D eigenvalue weighted by atomic mass is 16.9. The molecule has 9 atom stereocenters. The molecule has 0 aromatic rings. The fourth-order valence-electron chi connectivity index (χ4n) is 4.24. The Balaban J connectivity index is 1.95. The lowest BCUT2D eigenvalue weighted by Gasteiger charge is -2.71. The Hall–Kier alpha value is -1.05. The van der Waals surface area contributed by atoms with Crippen LogP contribution >= 0.6 is 0 Å². The first-order valence-corrected chi connectivity index (χ1v) is 6.77. The van der Waals surface area contributed by atoms with Gasteiger partial charge in [-0.25, -0.2) is 4.99 Å². The molecule has 5 aliphatic rings. The quantitative estimate of drug-likeness (QED) is 0.231. The van der Waals surface area contributed by atoms with Gasteiger partial charge in [0.15, 0.2) is 18.3 Å². The maximum Gasteiger partial charge on any atom is 0.311 e. The van der Waals surface area contributed by atoms with Crippen molar-refractivity contribution in [1.29, 1.82) is 0 Å². The molecule has 0 amide bonds. The molecule has 1 saturated carbocycles. The summed E-state index contributed by atoms with van der Waals surface area (Å²) in [5.74, 6) is -3.95. The smallest absolute Gasteiger partial charge is 0.311 e. The molecule has 1 aliphatic carbocycles. The molecule has 124 valence electrons. The Morgan fingerprint density at radius 3 is 2.45 bits per heavy atom. The predicted octanol–water partition coefficient (Wildman–Crippen LogP) is -5.52. The van der Waals surface area contributed by atoms with Gasteiger partial charge in [0.25, 0.3) is 0 Å². The van der Waals surface area contributed by atoms with Crippen LogP contribution in [0.5, 0.6) is 0 Å². The van der Waals surface area contributed by atoms with Crippen molar-refractivity contribution < 1.29 is 40.1 Å². The zero-order valence-corrected chi connectivity index (χ0v) is 11.2. The minimum absolute atomic E-state index is 0.250. The SMILES string of the molecule is NC1=N[C@H](O)[C@H]2[C@@H]3O[C@]4(O)O[C@H](C(O)[C@@]2(N1)[C@@H]4O)[C@]3(O)CO. The second kappa shape index (κ2) is 3.88. The molecule has 4 heterocycles. The summed E-state index contributed by atoms with van der Waals surface area (Å²) in [6.45, 7) is -0.857. The van der Waals surface area contributed by atoms with E-state index in [4.69, 9.17) is 15.2 Å². The van der Waals surface area contributed by atoms with E-state index >= 15 is 0 Å². The largest absolute Gasteiger partial charge is 0.393 e. The molecule has 0 aromatic carbocycles. The van der Waals surface area contributed by atoms with Crippen molar-refractivity contribution in [2.75, 3.05) is 6.61 Å². The van der Waals surface area contributed by atoms with Crippen LogP contribution in [0.1, 0.15) is 0 Å². The van der Waals surface area contributed by atoms with E-state index in [0.717, 1.165) is 0 Å². The molecule has 0 aromatic heterocycles. The normalized spacial score (nSPS) is 62.4. The monoisotopic (exact) mass is 319 g/mol. The third kappa shape index (κ3) is 1.28. The van der Waals surface area contributed by atoms with E-state index in [-0.39, 0.29) is 5.96 Å². The van der Waals surface area contributed by atoms with Crippen molar-refractivity contribution >= 4 is 5.96 Å². The Morgan fingerprint density at radius 2 is 1.82 bits per heavy atom. The van der Waals surface area contributed by atoms with Crippen LogP contribution in [0.3, 0.4) is 0 Å². The zero-order chi connectivity index (χ0) is 16.1. The van der Waals surface area contributed by atoms with Crippen molar-refractivity contribution in [3.05, 3.63) is 0 Å². The van der Waals surface area contributed by atoms with Gasteiger partial charge in [-0.2, -0.15) is 0 Å². The van der Waals surface area contributed by atoms with Gasteiger partial charge in [-0.3, -0.25) is 0 Å². The molecular weight excluding hydrogens is 302 g/mol. The first kappa shape index (κ1) is 14.5. The predicted molar refractivity (Wildman–Crippen MR) is 65.7 cm³/mol. The number of nitrogens with zero attached hydrogens (tertiary/aromatic N) is 1. The molecule has 3 saturated heterocycles. The summed E-state index contributed by atoms with van der Waals surface area (Å²) in [5.41, 5.74) is 1.74. The zero-order valence-electron chi connectivity index (χ0n) is 11.2. The van der Waals surface area contributed by atoms with E-state index < -0.39 is 60.3 Å². The maximum atomic E-state index is 10.6. The van der Waals surface area contributed by atoms with Gasteiger partial charge in [0.05, 0.1) is 12.5 Å². The second-order valence-electron chi connectivity index (χ2n) is 6.22. The van der Waals surface area contributed by atoms with Crippen LogP contribution in [-0.4, -0.2) is 91.0 Å². The fourth-order valence-corrected chi connectivity index (χ4v) is 4.24. The van der Waals surface area contributed by atoms with E-state index in [9.17, 15) is 30.6 Å². The second-order valence-corrected chi connectivity index (χ2v) is 6.22. The number of aliphatic imine (C=N–C) groups is 1. The highest BCUT2D eigenvalue weighted by Crippen LogP contribution is 2.58. The molecule has 4 aliphatic heterocycles. The van der Waals surface area contributed by atoms with Crippen LogP contribution in [0.15, 0.2) is 4.99 Å². The summed E-state index contributed by atoms with van der Waals surface area (Å²) in [6, 6.07) is 0. The van der Waals surface area contributed by atoms with Crippen LogP contribution in [-0.2, 0) is 9.47 Å². The summed E-state index contributed by atoms with van der Waals surface area (Å²) in [5, 5.41) is 64.3. The van der Waals surface area contributed by atoms with Gasteiger partial charge >= 0.3 is 5.97 Å². The van der Waals surface area contributed by atoms with Crippen LogP contribution in [0.25, 0.3) is 0 Å². The average molecular weight is 319 g/mol. The fraction of sp³-hybridized carbons (Fsp3) is 0.909. The van der Waals surface area contributed by atoms with Crippen LogP contribution in [0.2, 0.25) is 0 Å². The summed E-state index contributed by atoms with van der Waals surface area (Å²) in [6.07, 6.45) is -7.77. The number of guanidine groups is 1. The van der Waals surface area contributed by atoms with Crippen molar-refractivity contribution in [2.45, 2.75) is 47.8 Å². The topological polar surface area (TPSA) is 190 Å². The highest BCUT2D eigenvalue weighted by molar-refractivity contribution is 5.80. The molecule has 4 fully saturated rings. The molecule has 11 nitrogen and oxygen atoms in total. The third-order valence-electron chi connectivity index (χ3n) is 5.22. The molecule has 1 spiro atoms. The molecule has 22 heavy (non-hydrogen) atoms. The molecule has 0 radical (unpaired) electrons. The number of rotatable bonds is 1. The number of nitrogens with two attached hydrogens (primary N) is 1. The molecule has 1 unspecified atom stereocenters. The minimum atomic E-state index is -2.52. The Morgan fingerprint density at radius 1 is 1.18 bits per heavy atom. The summed E-state index contributed by atoms with van der Waals surface area (Å²) < 4.78 is 10.3. The van der Waals surface area contributed by atoms with Crippen molar-refractivity contribution in [1.82, 2.24) is 5.32 Å². The lowest BCUT2D eigenvalue weighted by atomic mass is 9.55. The maximum absolute atomic E-state index is 10.6. The first-order valence-electron chi connectivity index (χ1n) is 6.77. The van der Waals surface area contributed by atoms with Gasteiger partial charge in [-0.15, -0.1) is 0 Å². The summed E-state index contributed by atoms with van der Waals surface area (Å²) >= 11 is 0. The number of hydrogen-bond donors (Lipinski definition) is 8. The van der Waals surface area contributed by atoms with Crippen LogP contribution in [0.4, 0.5) is 0 Å². The molecular formula is C11H17N3O8. The molecule has 4 bridgehead atoms. The minimum Gasteiger partial charge on any atom is -0.393 e. The number of ether oxygens (including phenoxy) is 2. The lowest BCUT2D eigenvalue weighted by molar-refractivity contribution is -0.548. The number of nitrogens with one attached hydrogen (secondary N) is 1. The summed E-state index contributed by atoms with van der Waals surface area (Å²) in [4.78, 5) is 3.70. The van der Waals surface area contributed by atoms with Gasteiger partial charge in [-0.05, 0) is 0 Å². The molecule has 5 rings (SSSR count). The van der Waals surface area contributed by atoms with Crippen LogP contribution in [0, 0.1) is 5.92 Å². The Labute approximate surface area is 123 Å². The van der Waals surface area contributed by atoms with Gasteiger partial charge in [0.1, 0.15) is 29.5 Å². The Kier molecular flexibility index (Phi) is 2.57. The standard InChI is InChI=1S/C11H17N3O8/c12-8-13-6(17)2-4-9(19,1-15)5-3(16)10(2,14-8)7(18)11(20,21-4)22-5/h2-7,15-20H,1H2,(H3,12,13,14)/t2-,3?,4+,5-,6-,7+,9+,10-,11+/m1/s1. The first-order chi connectivity index (χ1) is 10.2. The van der Waals surface area contributed by atoms with E-state index in [1.54, 1.807) is 0 Å². The average Bonchev–Trinajstić information content (AvgIpc) is 2.45. The van der Waals surface area contributed by atoms with Crippen molar-refractivity contribution in [2.24, 2.45) is 16.6 Å². The van der Waals surface area contributed by atoms with Crippen LogP contribution < -0.4 is 11.1 Å². The van der Waals surface area contributed by atoms with Crippen molar-refractivity contribution in [3.8, 4) is 0 Å². The van der Waals surface area contributed by atoms with E-state index in [1.807, 2.05) is 0 Å². The van der Waals surface area contributed by atoms with E-state index in [2.05, 4.69) is 10.3 Å². The lowest BCUT2D eigenvalue weighted by Crippen LogP contribution is -2.95. The highest BCUT2D eigenvalue weighted by Gasteiger charge is 2.82. The van der Waals surface area contributed by atoms with E-state index in [1.165, 1.54) is 0 Å². The van der Waals surface area contributed by atoms with Gasteiger partial charge in [-0.1, -0.05) is 0 Å².